The number of terminal acetylenes is 1. The lowest BCUT2D eigenvalue weighted by Crippen LogP contribution is -2.38. The maximum atomic E-state index is 10.8. The van der Waals surface area contributed by atoms with Gasteiger partial charge in [0.2, 0.25) is 0 Å². The summed E-state index contributed by atoms with van der Waals surface area (Å²) >= 11 is 5.93. The first-order valence-corrected chi connectivity index (χ1v) is 6.29. The zero-order chi connectivity index (χ0) is 13.8. The van der Waals surface area contributed by atoms with Gasteiger partial charge in [0, 0.05) is 18.0 Å². The lowest BCUT2D eigenvalue weighted by molar-refractivity contribution is -0.138. The number of hydrogen-bond donors (Lipinski definition) is 1. The maximum absolute atomic E-state index is 10.8. The Kier molecular flexibility index (Phi) is 4.31. The number of rotatable bonds is 5. The predicted molar refractivity (Wildman–Crippen MR) is 72.5 cm³/mol. The molecule has 100 valence electrons. The zero-order valence-corrected chi connectivity index (χ0v) is 11.1. The Labute approximate surface area is 116 Å². The lowest BCUT2D eigenvalue weighted by Gasteiger charge is -2.21. The molecule has 2 rings (SSSR count). The molecular formula is C14H14ClNO3. The first-order chi connectivity index (χ1) is 9.08. The number of fused-ring (bicyclic) bond motifs is 1. The minimum Gasteiger partial charge on any atom is -0.488 e. The molecule has 0 aliphatic carbocycles. The van der Waals surface area contributed by atoms with Gasteiger partial charge in [0.25, 0.3) is 0 Å². The van der Waals surface area contributed by atoms with Crippen LogP contribution in [0.2, 0.25) is 5.02 Å². The highest BCUT2D eigenvalue weighted by molar-refractivity contribution is 6.30. The van der Waals surface area contributed by atoms with Gasteiger partial charge in [-0.3, -0.25) is 9.69 Å². The van der Waals surface area contributed by atoms with Crippen molar-refractivity contribution in [3.05, 3.63) is 28.8 Å². The lowest BCUT2D eigenvalue weighted by atomic mass is 10.1. The minimum absolute atomic E-state index is 0.0822. The van der Waals surface area contributed by atoms with Crippen LogP contribution in [-0.4, -0.2) is 41.7 Å². The molecule has 0 amide bonds. The molecule has 1 heterocycles. The van der Waals surface area contributed by atoms with E-state index in [2.05, 4.69) is 5.92 Å². The fourth-order valence-electron chi connectivity index (χ4n) is 2.18. The van der Waals surface area contributed by atoms with E-state index >= 15 is 0 Å². The third-order valence-electron chi connectivity index (χ3n) is 2.90. The number of hydrogen-bond acceptors (Lipinski definition) is 3. The van der Waals surface area contributed by atoms with Crippen molar-refractivity contribution in [2.24, 2.45) is 0 Å². The molecule has 0 fully saturated rings. The molecule has 0 saturated carbocycles. The van der Waals surface area contributed by atoms with Gasteiger partial charge in [-0.2, -0.15) is 0 Å². The third kappa shape index (κ3) is 3.63. The molecule has 1 aliphatic rings. The molecule has 1 aromatic rings. The SMILES string of the molecule is C#CCN(CC(=O)O)CC1Cc2cc(Cl)ccc2O1. The van der Waals surface area contributed by atoms with Crippen molar-refractivity contribution < 1.29 is 14.6 Å². The number of carboxylic acid groups (broad SMARTS) is 1. The van der Waals surface area contributed by atoms with Gasteiger partial charge in [0.15, 0.2) is 0 Å². The molecule has 1 atom stereocenters. The second kappa shape index (κ2) is 5.96. The number of halogens is 1. The normalized spacial score (nSPS) is 16.8. The number of aliphatic carboxylic acids is 1. The average molecular weight is 280 g/mol. The Morgan fingerprint density at radius 2 is 2.42 bits per heavy atom. The molecule has 1 aromatic carbocycles. The summed E-state index contributed by atoms with van der Waals surface area (Å²) in [5, 5.41) is 9.50. The summed E-state index contributed by atoms with van der Waals surface area (Å²) in [4.78, 5) is 12.4. The van der Waals surface area contributed by atoms with Gasteiger partial charge in [0.1, 0.15) is 11.9 Å². The summed E-state index contributed by atoms with van der Waals surface area (Å²) in [6, 6.07) is 5.49. The van der Waals surface area contributed by atoms with Gasteiger partial charge in [-0.15, -0.1) is 6.42 Å². The summed E-state index contributed by atoms with van der Waals surface area (Å²) in [7, 11) is 0. The van der Waals surface area contributed by atoms with E-state index in [-0.39, 0.29) is 12.6 Å². The van der Waals surface area contributed by atoms with E-state index in [4.69, 9.17) is 27.9 Å². The van der Waals surface area contributed by atoms with Crippen LogP contribution in [0, 0.1) is 12.3 Å². The van der Waals surface area contributed by atoms with Gasteiger partial charge < -0.3 is 9.84 Å². The van der Waals surface area contributed by atoms with Crippen LogP contribution in [0.1, 0.15) is 5.56 Å². The smallest absolute Gasteiger partial charge is 0.317 e. The quantitative estimate of drug-likeness (QED) is 0.833. The van der Waals surface area contributed by atoms with Crippen molar-refractivity contribution in [3.8, 4) is 18.1 Å². The Hall–Kier alpha value is -1.70. The van der Waals surface area contributed by atoms with Gasteiger partial charge in [-0.1, -0.05) is 17.5 Å². The van der Waals surface area contributed by atoms with E-state index in [1.165, 1.54) is 0 Å². The summed E-state index contributed by atoms with van der Waals surface area (Å²) in [6.45, 7) is 0.702. The molecule has 0 radical (unpaired) electrons. The molecular weight excluding hydrogens is 266 g/mol. The van der Waals surface area contributed by atoms with Crippen LogP contribution in [0.4, 0.5) is 0 Å². The second-order valence-corrected chi connectivity index (χ2v) is 4.90. The van der Waals surface area contributed by atoms with Crippen LogP contribution in [0.15, 0.2) is 18.2 Å². The van der Waals surface area contributed by atoms with Crippen molar-refractivity contribution in [2.75, 3.05) is 19.6 Å². The van der Waals surface area contributed by atoms with Crippen LogP contribution in [0.25, 0.3) is 0 Å². The number of benzene rings is 1. The molecule has 1 N–H and O–H groups in total. The van der Waals surface area contributed by atoms with Gasteiger partial charge in [-0.25, -0.2) is 0 Å². The van der Waals surface area contributed by atoms with Gasteiger partial charge in [0.05, 0.1) is 13.1 Å². The van der Waals surface area contributed by atoms with Crippen LogP contribution in [0.3, 0.4) is 0 Å². The summed E-state index contributed by atoms with van der Waals surface area (Å²) in [6.07, 6.45) is 5.88. The van der Waals surface area contributed by atoms with Crippen LogP contribution in [0.5, 0.6) is 5.75 Å². The Morgan fingerprint density at radius 3 is 3.11 bits per heavy atom. The Bertz CT molecular complexity index is 524. The highest BCUT2D eigenvalue weighted by atomic mass is 35.5. The molecule has 1 aliphatic heterocycles. The van der Waals surface area contributed by atoms with E-state index in [0.717, 1.165) is 17.7 Å². The van der Waals surface area contributed by atoms with E-state index in [1.807, 2.05) is 12.1 Å². The molecule has 5 heteroatoms. The first-order valence-electron chi connectivity index (χ1n) is 5.91. The zero-order valence-electron chi connectivity index (χ0n) is 10.3. The van der Waals surface area contributed by atoms with Crippen LogP contribution < -0.4 is 4.74 Å². The number of nitrogens with zero attached hydrogens (tertiary/aromatic N) is 1. The standard InChI is InChI=1S/C14H14ClNO3/c1-2-5-16(9-14(17)18)8-12-7-10-6-11(15)3-4-13(10)19-12/h1,3-4,6,12H,5,7-9H2,(H,17,18). The monoisotopic (exact) mass is 279 g/mol. The maximum Gasteiger partial charge on any atom is 0.317 e. The summed E-state index contributed by atoms with van der Waals surface area (Å²) < 4.78 is 5.76. The number of carbonyl (C=O) groups is 1. The van der Waals surface area contributed by atoms with Crippen molar-refractivity contribution in [1.29, 1.82) is 0 Å². The van der Waals surface area contributed by atoms with E-state index in [0.29, 0.717) is 18.1 Å². The van der Waals surface area contributed by atoms with Gasteiger partial charge >= 0.3 is 5.97 Å². The molecule has 4 nitrogen and oxygen atoms in total. The highest BCUT2D eigenvalue weighted by Crippen LogP contribution is 2.31. The molecule has 0 saturated heterocycles. The van der Waals surface area contributed by atoms with Crippen LogP contribution >= 0.6 is 11.6 Å². The predicted octanol–water partition coefficient (Wildman–Crippen LogP) is 1.66. The van der Waals surface area contributed by atoms with Gasteiger partial charge in [-0.05, 0) is 23.8 Å². The first kappa shape index (κ1) is 13.7. The second-order valence-electron chi connectivity index (χ2n) is 4.46. The van der Waals surface area contributed by atoms with Crippen molar-refractivity contribution in [2.45, 2.75) is 12.5 Å². The van der Waals surface area contributed by atoms with E-state index in [1.54, 1.807) is 11.0 Å². The minimum atomic E-state index is -0.895. The Morgan fingerprint density at radius 1 is 1.63 bits per heavy atom. The van der Waals surface area contributed by atoms with Crippen molar-refractivity contribution in [1.82, 2.24) is 4.90 Å². The fraction of sp³-hybridized carbons (Fsp3) is 0.357. The highest BCUT2D eigenvalue weighted by Gasteiger charge is 2.25. The fourth-order valence-corrected chi connectivity index (χ4v) is 2.38. The van der Waals surface area contributed by atoms with Crippen LogP contribution in [-0.2, 0) is 11.2 Å². The molecule has 1 unspecified atom stereocenters. The third-order valence-corrected chi connectivity index (χ3v) is 3.13. The van der Waals surface area contributed by atoms with E-state index in [9.17, 15) is 4.79 Å². The summed E-state index contributed by atoms with van der Waals surface area (Å²) in [5.74, 6) is 2.38. The molecule has 0 bridgehead atoms. The van der Waals surface area contributed by atoms with Crippen molar-refractivity contribution >= 4 is 17.6 Å². The summed E-state index contributed by atoms with van der Waals surface area (Å²) in [5.41, 5.74) is 1.05. The topological polar surface area (TPSA) is 49.8 Å². The van der Waals surface area contributed by atoms with E-state index < -0.39 is 5.97 Å². The number of carboxylic acids is 1. The Balaban J connectivity index is 1.98. The van der Waals surface area contributed by atoms with Crippen molar-refractivity contribution in [3.63, 3.8) is 0 Å². The molecule has 0 aromatic heterocycles. The number of ether oxygens (including phenoxy) is 1. The molecule has 19 heavy (non-hydrogen) atoms. The largest absolute Gasteiger partial charge is 0.488 e. The molecule has 0 spiro atoms. The average Bonchev–Trinajstić information content (AvgIpc) is 2.69.